The summed E-state index contributed by atoms with van der Waals surface area (Å²) in [4.78, 5) is 12.6. The zero-order valence-corrected chi connectivity index (χ0v) is 10.1. The molecule has 0 radical (unpaired) electrons. The van der Waals surface area contributed by atoms with Crippen molar-refractivity contribution in [2.45, 2.75) is 11.8 Å². The lowest BCUT2D eigenvalue weighted by Gasteiger charge is -2.09. The van der Waals surface area contributed by atoms with E-state index in [-0.39, 0.29) is 5.91 Å². The highest BCUT2D eigenvalue weighted by atomic mass is 32.2. The minimum absolute atomic E-state index is 0.0151. The van der Waals surface area contributed by atoms with Crippen LogP contribution in [-0.4, -0.2) is 30.9 Å². The Labute approximate surface area is 95.0 Å². The van der Waals surface area contributed by atoms with Crippen molar-refractivity contribution in [3.05, 3.63) is 29.8 Å². The summed E-state index contributed by atoms with van der Waals surface area (Å²) >= 11 is 1.60. The summed E-state index contributed by atoms with van der Waals surface area (Å²) in [6, 6.07) is 7.62. The fourth-order valence-corrected chi connectivity index (χ4v) is 1.91. The zero-order valence-electron chi connectivity index (χ0n) is 9.28. The van der Waals surface area contributed by atoms with Gasteiger partial charge in [-0.15, -0.1) is 0 Å². The van der Waals surface area contributed by atoms with Gasteiger partial charge in [-0.2, -0.15) is 0 Å². The van der Waals surface area contributed by atoms with E-state index in [0.717, 1.165) is 4.90 Å². The Balaban J connectivity index is 2.78. The Kier molecular flexibility index (Phi) is 4.65. The highest BCUT2D eigenvalue weighted by molar-refractivity contribution is 7.97. The fraction of sp³-hybridized carbons (Fsp3) is 0.364. The van der Waals surface area contributed by atoms with Gasteiger partial charge in [0.2, 0.25) is 0 Å². The van der Waals surface area contributed by atoms with Crippen molar-refractivity contribution in [1.82, 2.24) is 9.62 Å². The fourth-order valence-electron chi connectivity index (χ4n) is 1.17. The lowest BCUT2D eigenvalue weighted by Crippen LogP contribution is -2.22. The van der Waals surface area contributed by atoms with Crippen LogP contribution in [0, 0.1) is 0 Å². The van der Waals surface area contributed by atoms with Gasteiger partial charge in [0.1, 0.15) is 0 Å². The quantitative estimate of drug-likeness (QED) is 0.794. The topological polar surface area (TPSA) is 32.3 Å². The van der Waals surface area contributed by atoms with Crippen LogP contribution < -0.4 is 5.32 Å². The van der Waals surface area contributed by atoms with Crippen LogP contribution in [0.4, 0.5) is 0 Å². The summed E-state index contributed by atoms with van der Waals surface area (Å²) in [5.41, 5.74) is 0.712. The summed E-state index contributed by atoms with van der Waals surface area (Å²) in [7, 11) is 3.95. The Bertz CT molecular complexity index is 339. The lowest BCUT2D eigenvalue weighted by atomic mass is 10.2. The van der Waals surface area contributed by atoms with Crippen molar-refractivity contribution >= 4 is 17.9 Å². The Morgan fingerprint density at radius 2 is 2.20 bits per heavy atom. The third-order valence-electron chi connectivity index (χ3n) is 1.72. The predicted octanol–water partition coefficient (Wildman–Crippen LogP) is 2.00. The number of amides is 1. The number of carbonyl (C=O) groups is 1. The Morgan fingerprint density at radius 3 is 2.80 bits per heavy atom. The second-order valence-corrected chi connectivity index (χ2v) is 4.68. The first-order chi connectivity index (χ1) is 7.13. The highest BCUT2D eigenvalue weighted by Gasteiger charge is 2.05. The van der Waals surface area contributed by atoms with Gasteiger partial charge in [-0.3, -0.25) is 9.10 Å². The molecule has 0 fully saturated rings. The third kappa shape index (κ3) is 3.93. The summed E-state index contributed by atoms with van der Waals surface area (Å²) < 4.78 is 2.00. The first-order valence-electron chi connectivity index (χ1n) is 4.87. The summed E-state index contributed by atoms with van der Waals surface area (Å²) in [6.07, 6.45) is 0. The molecule has 15 heavy (non-hydrogen) atoms. The van der Waals surface area contributed by atoms with E-state index in [0.29, 0.717) is 12.1 Å². The van der Waals surface area contributed by atoms with Crippen LogP contribution in [0.2, 0.25) is 0 Å². The van der Waals surface area contributed by atoms with E-state index >= 15 is 0 Å². The maximum atomic E-state index is 11.5. The molecule has 0 aromatic heterocycles. The number of carbonyl (C=O) groups excluding carboxylic acids is 1. The molecule has 0 unspecified atom stereocenters. The predicted molar refractivity (Wildman–Crippen MR) is 64.0 cm³/mol. The van der Waals surface area contributed by atoms with Crippen LogP contribution in [0.15, 0.2) is 29.2 Å². The SMILES string of the molecule is CCNC(=O)c1cccc(SN(C)C)c1. The molecule has 0 aliphatic rings. The number of hydrogen-bond donors (Lipinski definition) is 1. The van der Waals surface area contributed by atoms with E-state index in [2.05, 4.69) is 5.32 Å². The molecule has 0 aliphatic heterocycles. The number of hydrogen-bond acceptors (Lipinski definition) is 3. The summed E-state index contributed by atoms with van der Waals surface area (Å²) in [6.45, 7) is 2.57. The van der Waals surface area contributed by atoms with Gasteiger partial charge in [0.15, 0.2) is 0 Å². The van der Waals surface area contributed by atoms with Crippen molar-refractivity contribution in [2.24, 2.45) is 0 Å². The molecular weight excluding hydrogens is 208 g/mol. The minimum atomic E-state index is -0.0151. The van der Waals surface area contributed by atoms with E-state index < -0.39 is 0 Å². The van der Waals surface area contributed by atoms with Crippen molar-refractivity contribution in [2.75, 3.05) is 20.6 Å². The second-order valence-electron chi connectivity index (χ2n) is 3.29. The molecule has 1 amide bonds. The number of nitrogens with zero attached hydrogens (tertiary/aromatic N) is 1. The van der Waals surface area contributed by atoms with E-state index in [4.69, 9.17) is 0 Å². The molecule has 0 aliphatic carbocycles. The number of nitrogens with one attached hydrogen (secondary N) is 1. The van der Waals surface area contributed by atoms with Crippen LogP contribution in [0.5, 0.6) is 0 Å². The maximum Gasteiger partial charge on any atom is 0.251 e. The average Bonchev–Trinajstić information content (AvgIpc) is 2.17. The summed E-state index contributed by atoms with van der Waals surface area (Å²) in [5.74, 6) is -0.0151. The van der Waals surface area contributed by atoms with Crippen LogP contribution in [0.25, 0.3) is 0 Å². The molecule has 82 valence electrons. The molecule has 0 spiro atoms. The van der Waals surface area contributed by atoms with Crippen molar-refractivity contribution in [3.8, 4) is 0 Å². The van der Waals surface area contributed by atoms with Gasteiger partial charge in [0, 0.05) is 17.0 Å². The molecule has 1 aromatic rings. The Hall–Kier alpha value is -1.00. The molecule has 1 aromatic carbocycles. The van der Waals surface area contributed by atoms with Crippen LogP contribution in [0.3, 0.4) is 0 Å². The molecule has 1 rings (SSSR count). The molecule has 4 heteroatoms. The van der Waals surface area contributed by atoms with Gasteiger partial charge in [0.05, 0.1) is 0 Å². The average molecular weight is 224 g/mol. The van der Waals surface area contributed by atoms with E-state index in [1.165, 1.54) is 0 Å². The van der Waals surface area contributed by atoms with Gasteiger partial charge in [-0.05, 0) is 51.2 Å². The maximum absolute atomic E-state index is 11.5. The van der Waals surface area contributed by atoms with Gasteiger partial charge < -0.3 is 5.32 Å². The number of rotatable bonds is 4. The van der Waals surface area contributed by atoms with E-state index in [9.17, 15) is 4.79 Å². The molecule has 0 saturated carbocycles. The molecule has 3 nitrogen and oxygen atoms in total. The van der Waals surface area contributed by atoms with Crippen LogP contribution >= 0.6 is 11.9 Å². The highest BCUT2D eigenvalue weighted by Crippen LogP contribution is 2.20. The van der Waals surface area contributed by atoms with Gasteiger partial charge in [-0.25, -0.2) is 0 Å². The van der Waals surface area contributed by atoms with Gasteiger partial charge in [-0.1, -0.05) is 6.07 Å². The van der Waals surface area contributed by atoms with Crippen LogP contribution in [-0.2, 0) is 0 Å². The van der Waals surface area contributed by atoms with Crippen molar-refractivity contribution in [3.63, 3.8) is 0 Å². The molecule has 0 bridgehead atoms. The van der Waals surface area contributed by atoms with Gasteiger partial charge >= 0.3 is 0 Å². The third-order valence-corrected chi connectivity index (χ3v) is 2.55. The smallest absolute Gasteiger partial charge is 0.251 e. The standard InChI is InChI=1S/C11H16N2OS/c1-4-12-11(14)9-6-5-7-10(8-9)15-13(2)3/h5-8H,4H2,1-3H3,(H,12,14). The van der Waals surface area contributed by atoms with Crippen LogP contribution in [0.1, 0.15) is 17.3 Å². The first kappa shape index (κ1) is 12.1. The first-order valence-corrected chi connectivity index (χ1v) is 5.64. The normalized spacial score (nSPS) is 10.4. The largest absolute Gasteiger partial charge is 0.352 e. The number of benzene rings is 1. The molecule has 0 atom stereocenters. The monoisotopic (exact) mass is 224 g/mol. The van der Waals surface area contributed by atoms with E-state index in [1.807, 2.05) is 49.6 Å². The molecule has 0 heterocycles. The minimum Gasteiger partial charge on any atom is -0.352 e. The zero-order chi connectivity index (χ0) is 11.3. The molecule has 1 N–H and O–H groups in total. The summed E-state index contributed by atoms with van der Waals surface area (Å²) in [5, 5.41) is 2.78. The molecular formula is C11H16N2OS. The lowest BCUT2D eigenvalue weighted by molar-refractivity contribution is 0.0955. The second kappa shape index (κ2) is 5.78. The molecule has 0 saturated heterocycles. The van der Waals surface area contributed by atoms with Crippen molar-refractivity contribution in [1.29, 1.82) is 0 Å². The Morgan fingerprint density at radius 1 is 1.47 bits per heavy atom. The van der Waals surface area contributed by atoms with E-state index in [1.54, 1.807) is 11.9 Å². The van der Waals surface area contributed by atoms with Crippen molar-refractivity contribution < 1.29 is 4.79 Å². The van der Waals surface area contributed by atoms with Gasteiger partial charge in [0.25, 0.3) is 5.91 Å².